The van der Waals surface area contributed by atoms with Crippen LogP contribution in [0.3, 0.4) is 0 Å². The molecule has 0 heterocycles. The molecule has 8 rings (SSSR count). The summed E-state index contributed by atoms with van der Waals surface area (Å²) < 4.78 is 0. The molecule has 0 unspecified atom stereocenters. The van der Waals surface area contributed by atoms with Crippen molar-refractivity contribution >= 4 is 90.9 Å². The number of benzene rings is 8. The first-order valence-electron chi connectivity index (χ1n) is 14.7. The zero-order valence-corrected chi connectivity index (χ0v) is 25.5. The second-order valence-corrected chi connectivity index (χ2v) is 12.1. The number of rotatable bonds is 7. The first-order valence-corrected chi connectivity index (χ1v) is 16.6. The molecular weight excluding hydrogens is 571 g/mol. The lowest BCUT2D eigenvalue weighted by atomic mass is 9.91. The fourth-order valence-electron chi connectivity index (χ4n) is 6.41. The van der Waals surface area contributed by atoms with E-state index in [1.165, 1.54) is 32.3 Å². The highest BCUT2D eigenvalue weighted by molar-refractivity contribution is 7.99. The minimum absolute atomic E-state index is 0.854. The maximum atomic E-state index is 5.30. The van der Waals surface area contributed by atoms with Crippen molar-refractivity contribution < 1.29 is 0 Å². The van der Waals surface area contributed by atoms with Crippen LogP contribution >= 0.6 is 7.36 Å². The molecule has 0 fully saturated rings. The van der Waals surface area contributed by atoms with Gasteiger partial charge in [0.25, 0.3) is 0 Å². The lowest BCUT2D eigenvalue weighted by molar-refractivity contribution is 1.30. The maximum Gasteiger partial charge on any atom is 0.0540 e. The molecule has 2 nitrogen and oxygen atoms in total. The molecule has 0 spiro atoms. The Hall–Kier alpha value is -5.08. The summed E-state index contributed by atoms with van der Waals surface area (Å²) in [6.07, 6.45) is 0. The SMILES string of the molecule is S=Pc1ccc(N(c2ccccc2)c2ccc3ccc4c(N(c5ccccc5)c5ccccc5)ccc5ccc2c3c54)cc1. The van der Waals surface area contributed by atoms with Crippen LogP contribution < -0.4 is 15.1 Å². The Kier molecular flexibility index (Phi) is 6.76. The van der Waals surface area contributed by atoms with Crippen LogP contribution in [0, 0.1) is 0 Å². The zero-order valence-electron chi connectivity index (χ0n) is 23.8. The summed E-state index contributed by atoms with van der Waals surface area (Å²) in [5.41, 5.74) is 6.79. The molecule has 0 amide bonds. The molecule has 0 bridgehead atoms. The van der Waals surface area contributed by atoms with E-state index in [2.05, 4.69) is 174 Å². The van der Waals surface area contributed by atoms with Crippen LogP contribution in [0.4, 0.5) is 34.1 Å². The van der Waals surface area contributed by atoms with E-state index in [1.54, 1.807) is 0 Å². The van der Waals surface area contributed by atoms with Gasteiger partial charge >= 0.3 is 0 Å². The summed E-state index contributed by atoms with van der Waals surface area (Å²) in [4.78, 5) is 4.72. The molecule has 4 heteroatoms. The second kappa shape index (κ2) is 11.2. The van der Waals surface area contributed by atoms with Gasteiger partial charge in [-0.1, -0.05) is 103 Å². The molecule has 8 aromatic carbocycles. The van der Waals surface area contributed by atoms with Crippen LogP contribution in [-0.4, -0.2) is 0 Å². The number of anilines is 6. The molecule has 0 N–H and O–H groups in total. The number of hydrogen-bond donors (Lipinski definition) is 0. The maximum absolute atomic E-state index is 5.30. The van der Waals surface area contributed by atoms with Crippen LogP contribution in [0.2, 0.25) is 0 Å². The van der Waals surface area contributed by atoms with E-state index < -0.39 is 0 Å². The van der Waals surface area contributed by atoms with Crippen LogP contribution in [0.5, 0.6) is 0 Å². The van der Waals surface area contributed by atoms with Crippen LogP contribution in [0.25, 0.3) is 32.3 Å². The highest BCUT2D eigenvalue weighted by Gasteiger charge is 2.21. The van der Waals surface area contributed by atoms with Crippen molar-refractivity contribution in [1.29, 1.82) is 0 Å². The molecule has 0 aliphatic rings. The Labute approximate surface area is 263 Å². The molecule has 0 atom stereocenters. The standard InChI is InChI=1S/C40H27N2PS/c44-43-34-22-20-33(21-23-34)42(32-14-8-3-9-15-32)38-27-19-29-16-24-35-37(26-18-28-17-25-36(38)40(29)39(28)35)41(30-10-4-1-5-11-30)31-12-6-2-7-13-31/h1-27H. The highest BCUT2D eigenvalue weighted by Crippen LogP contribution is 2.47. The molecule has 0 aromatic heterocycles. The van der Waals surface area contributed by atoms with E-state index in [9.17, 15) is 0 Å². The van der Waals surface area contributed by atoms with Crippen LogP contribution in [0.1, 0.15) is 0 Å². The molecule has 0 saturated carbocycles. The Bertz CT molecular complexity index is 2200. The van der Waals surface area contributed by atoms with Gasteiger partial charge in [0.15, 0.2) is 0 Å². The third kappa shape index (κ3) is 4.50. The van der Waals surface area contributed by atoms with Gasteiger partial charge in [0.2, 0.25) is 0 Å². The third-order valence-corrected chi connectivity index (χ3v) is 9.50. The average Bonchev–Trinajstić information content (AvgIpc) is 3.10. The molecule has 8 aromatic rings. The van der Waals surface area contributed by atoms with Crippen molar-refractivity contribution in [3.05, 3.63) is 164 Å². The summed E-state index contributed by atoms with van der Waals surface area (Å²) >= 11 is 5.30. The smallest absolute Gasteiger partial charge is 0.0540 e. The van der Waals surface area contributed by atoms with Crippen LogP contribution in [0.15, 0.2) is 164 Å². The molecule has 0 aliphatic heterocycles. The van der Waals surface area contributed by atoms with Crippen LogP contribution in [-0.2, 0) is 11.8 Å². The molecular formula is C40H27N2PS. The lowest BCUT2D eigenvalue weighted by Gasteiger charge is -2.29. The zero-order chi connectivity index (χ0) is 29.5. The third-order valence-electron chi connectivity index (χ3n) is 8.36. The Balaban J connectivity index is 1.40. The topological polar surface area (TPSA) is 6.48 Å². The minimum Gasteiger partial charge on any atom is -0.310 e. The van der Waals surface area contributed by atoms with Crippen molar-refractivity contribution in [3.63, 3.8) is 0 Å². The lowest BCUT2D eigenvalue weighted by Crippen LogP contribution is -2.11. The average molecular weight is 599 g/mol. The second-order valence-electron chi connectivity index (χ2n) is 10.9. The number of nitrogens with zero attached hydrogens (tertiary/aromatic N) is 2. The Morgan fingerprint density at radius 3 is 1.11 bits per heavy atom. The summed E-state index contributed by atoms with van der Waals surface area (Å²) in [7, 11) is 0.854. The summed E-state index contributed by atoms with van der Waals surface area (Å²) in [5, 5.41) is 8.61. The van der Waals surface area contributed by atoms with Gasteiger partial charge in [-0.15, -0.1) is 0 Å². The molecule has 208 valence electrons. The largest absolute Gasteiger partial charge is 0.310 e. The van der Waals surface area contributed by atoms with Gasteiger partial charge in [0, 0.05) is 46.2 Å². The summed E-state index contributed by atoms with van der Waals surface area (Å²) in [5.74, 6) is 0. The van der Waals surface area contributed by atoms with Gasteiger partial charge < -0.3 is 9.80 Å². The van der Waals surface area contributed by atoms with Gasteiger partial charge in [-0.05, 0) is 94.3 Å². The molecule has 44 heavy (non-hydrogen) atoms. The molecule has 0 radical (unpaired) electrons. The fourth-order valence-corrected chi connectivity index (χ4v) is 7.04. The fraction of sp³-hybridized carbons (Fsp3) is 0. The van der Waals surface area contributed by atoms with E-state index in [1.807, 2.05) is 0 Å². The predicted octanol–water partition coefficient (Wildman–Crippen LogP) is 11.6. The van der Waals surface area contributed by atoms with E-state index >= 15 is 0 Å². The van der Waals surface area contributed by atoms with Crippen molar-refractivity contribution in [2.75, 3.05) is 9.80 Å². The Morgan fingerprint density at radius 1 is 0.364 bits per heavy atom. The van der Waals surface area contributed by atoms with Crippen molar-refractivity contribution in [1.82, 2.24) is 0 Å². The van der Waals surface area contributed by atoms with Crippen molar-refractivity contribution in [2.45, 2.75) is 0 Å². The summed E-state index contributed by atoms with van der Waals surface area (Å²) in [6.45, 7) is 0. The van der Waals surface area contributed by atoms with Gasteiger partial charge in [-0.3, -0.25) is 0 Å². The van der Waals surface area contributed by atoms with E-state index in [0.29, 0.717) is 0 Å². The van der Waals surface area contributed by atoms with E-state index in [4.69, 9.17) is 11.8 Å². The monoisotopic (exact) mass is 598 g/mol. The quantitative estimate of drug-likeness (QED) is 0.133. The van der Waals surface area contributed by atoms with Crippen molar-refractivity contribution in [3.8, 4) is 0 Å². The number of hydrogen-bond acceptors (Lipinski definition) is 3. The van der Waals surface area contributed by atoms with Gasteiger partial charge in [0.05, 0.1) is 11.4 Å². The Morgan fingerprint density at radius 2 is 0.727 bits per heavy atom. The predicted molar refractivity (Wildman–Crippen MR) is 193 cm³/mol. The normalized spacial score (nSPS) is 11.5. The summed E-state index contributed by atoms with van der Waals surface area (Å²) in [6, 6.07) is 58.7. The minimum atomic E-state index is 0.854. The molecule has 0 saturated heterocycles. The van der Waals surface area contributed by atoms with Gasteiger partial charge in [-0.25, -0.2) is 0 Å². The number of para-hydroxylation sites is 3. The first kappa shape index (κ1) is 26.5. The molecule has 0 aliphatic carbocycles. The van der Waals surface area contributed by atoms with Gasteiger partial charge in [-0.2, -0.15) is 0 Å². The highest BCUT2D eigenvalue weighted by atomic mass is 32.4. The van der Waals surface area contributed by atoms with E-state index in [-0.39, 0.29) is 0 Å². The van der Waals surface area contributed by atoms with E-state index in [0.717, 1.165) is 46.8 Å². The van der Waals surface area contributed by atoms with Crippen molar-refractivity contribution in [2.24, 2.45) is 0 Å². The first-order chi connectivity index (χ1) is 21.8. The van der Waals surface area contributed by atoms with Gasteiger partial charge in [0.1, 0.15) is 0 Å².